The molecule has 4 aliphatic rings. The molecule has 0 spiro atoms. The molecule has 15 heavy (non-hydrogen) atoms. The first-order valence-corrected chi connectivity index (χ1v) is 6.30. The van der Waals surface area contributed by atoms with Crippen LogP contribution in [0.4, 0.5) is 0 Å². The molecule has 4 rings (SSSR count). The molecule has 0 aromatic carbocycles. The van der Waals surface area contributed by atoms with Gasteiger partial charge in [0.2, 0.25) is 0 Å². The van der Waals surface area contributed by atoms with Crippen molar-refractivity contribution in [1.29, 1.82) is 5.26 Å². The van der Waals surface area contributed by atoms with Crippen molar-refractivity contribution in [1.82, 2.24) is 0 Å². The Morgan fingerprint density at radius 3 is 1.93 bits per heavy atom. The van der Waals surface area contributed by atoms with E-state index in [0.717, 1.165) is 23.7 Å². The standard InChI is InChI=1S/C13H20N2/c1-13(15,7-14)12-10-3-8-2-9(5-10)6-11(12)4-8/h8-12H,2-6,15H2,1H3. The molecule has 0 aromatic rings. The van der Waals surface area contributed by atoms with E-state index in [4.69, 9.17) is 5.73 Å². The second kappa shape index (κ2) is 2.98. The van der Waals surface area contributed by atoms with E-state index < -0.39 is 5.54 Å². The molecule has 82 valence electrons. The van der Waals surface area contributed by atoms with Gasteiger partial charge in [0.25, 0.3) is 0 Å². The van der Waals surface area contributed by atoms with Crippen molar-refractivity contribution in [3.63, 3.8) is 0 Å². The normalized spacial score (nSPS) is 51.1. The Bertz CT molecular complexity index is 285. The lowest BCUT2D eigenvalue weighted by molar-refractivity contribution is -0.0556. The fraction of sp³-hybridized carbons (Fsp3) is 0.923. The first kappa shape index (κ1) is 9.66. The van der Waals surface area contributed by atoms with Gasteiger partial charge in [-0.05, 0) is 68.6 Å². The Morgan fingerprint density at radius 2 is 1.53 bits per heavy atom. The zero-order chi connectivity index (χ0) is 10.6. The van der Waals surface area contributed by atoms with Gasteiger partial charge in [-0.3, -0.25) is 0 Å². The van der Waals surface area contributed by atoms with Gasteiger partial charge in [-0.2, -0.15) is 5.26 Å². The lowest BCUT2D eigenvalue weighted by atomic mass is 9.49. The number of rotatable bonds is 1. The molecule has 2 nitrogen and oxygen atoms in total. The molecule has 4 aliphatic carbocycles. The van der Waals surface area contributed by atoms with E-state index in [9.17, 15) is 5.26 Å². The SMILES string of the molecule is CC(N)(C#N)C1C2CC3CC(C2)CC1C3. The fourth-order valence-electron chi connectivity index (χ4n) is 4.98. The van der Waals surface area contributed by atoms with Crippen molar-refractivity contribution in [2.45, 2.75) is 44.6 Å². The summed E-state index contributed by atoms with van der Waals surface area (Å²) in [5.41, 5.74) is 5.60. The minimum Gasteiger partial charge on any atom is -0.313 e. The topological polar surface area (TPSA) is 49.8 Å². The van der Waals surface area contributed by atoms with Crippen LogP contribution in [-0.4, -0.2) is 5.54 Å². The quantitative estimate of drug-likeness (QED) is 0.712. The molecule has 1 unspecified atom stereocenters. The minimum atomic E-state index is -0.581. The number of nitrogens with zero attached hydrogens (tertiary/aromatic N) is 1. The molecule has 0 amide bonds. The van der Waals surface area contributed by atoms with E-state index in [1.54, 1.807) is 0 Å². The molecule has 4 fully saturated rings. The third kappa shape index (κ3) is 1.33. The maximum atomic E-state index is 9.20. The molecular formula is C13H20N2. The fourth-order valence-corrected chi connectivity index (χ4v) is 4.98. The Hall–Kier alpha value is -0.550. The van der Waals surface area contributed by atoms with Gasteiger partial charge in [-0.1, -0.05) is 0 Å². The monoisotopic (exact) mass is 204 g/mol. The molecule has 0 heterocycles. The molecule has 4 bridgehead atoms. The van der Waals surface area contributed by atoms with Crippen LogP contribution in [0, 0.1) is 40.9 Å². The zero-order valence-electron chi connectivity index (χ0n) is 9.45. The van der Waals surface area contributed by atoms with Crippen molar-refractivity contribution in [2.75, 3.05) is 0 Å². The summed E-state index contributed by atoms with van der Waals surface area (Å²) in [6.07, 6.45) is 6.88. The van der Waals surface area contributed by atoms with Crippen molar-refractivity contribution in [3.05, 3.63) is 0 Å². The smallest absolute Gasteiger partial charge is 0.104 e. The van der Waals surface area contributed by atoms with Crippen molar-refractivity contribution in [2.24, 2.45) is 35.3 Å². The molecule has 4 saturated carbocycles. The summed E-state index contributed by atoms with van der Waals surface area (Å²) in [6, 6.07) is 2.35. The summed E-state index contributed by atoms with van der Waals surface area (Å²) in [5.74, 6) is 3.94. The Morgan fingerprint density at radius 1 is 1.07 bits per heavy atom. The Kier molecular flexibility index (Phi) is 1.92. The minimum absolute atomic E-state index is 0.482. The lowest BCUT2D eigenvalue weighted by Gasteiger charge is -2.57. The van der Waals surface area contributed by atoms with Gasteiger partial charge in [-0.15, -0.1) is 0 Å². The average molecular weight is 204 g/mol. The third-order valence-corrected chi connectivity index (χ3v) is 5.16. The van der Waals surface area contributed by atoms with Crippen molar-refractivity contribution in [3.8, 4) is 6.07 Å². The van der Waals surface area contributed by atoms with E-state index in [0.29, 0.717) is 5.92 Å². The van der Waals surface area contributed by atoms with Gasteiger partial charge in [0.15, 0.2) is 0 Å². The first-order chi connectivity index (χ1) is 7.10. The number of nitriles is 1. The van der Waals surface area contributed by atoms with Crippen LogP contribution in [0.1, 0.15) is 39.0 Å². The Balaban J connectivity index is 1.90. The molecule has 2 heteroatoms. The van der Waals surface area contributed by atoms with Crippen LogP contribution in [0.3, 0.4) is 0 Å². The third-order valence-electron chi connectivity index (χ3n) is 5.16. The van der Waals surface area contributed by atoms with E-state index in [1.165, 1.54) is 32.1 Å². The molecule has 2 N–H and O–H groups in total. The number of nitrogens with two attached hydrogens (primary N) is 1. The van der Waals surface area contributed by atoms with Crippen LogP contribution in [-0.2, 0) is 0 Å². The summed E-state index contributed by atoms with van der Waals surface area (Å²) < 4.78 is 0. The molecule has 1 atom stereocenters. The van der Waals surface area contributed by atoms with Gasteiger partial charge in [0, 0.05) is 0 Å². The van der Waals surface area contributed by atoms with Crippen LogP contribution in [0.15, 0.2) is 0 Å². The summed E-state index contributed by atoms with van der Waals surface area (Å²) >= 11 is 0. The van der Waals surface area contributed by atoms with Crippen molar-refractivity contribution < 1.29 is 0 Å². The molecule has 0 aromatic heterocycles. The van der Waals surface area contributed by atoms with Gasteiger partial charge < -0.3 is 5.73 Å². The van der Waals surface area contributed by atoms with Crippen LogP contribution in [0.5, 0.6) is 0 Å². The maximum absolute atomic E-state index is 9.20. The van der Waals surface area contributed by atoms with E-state index in [2.05, 4.69) is 6.07 Å². The van der Waals surface area contributed by atoms with Crippen LogP contribution in [0.25, 0.3) is 0 Å². The van der Waals surface area contributed by atoms with Crippen LogP contribution >= 0.6 is 0 Å². The number of hydrogen-bond acceptors (Lipinski definition) is 2. The van der Waals surface area contributed by atoms with Gasteiger partial charge in [0.05, 0.1) is 6.07 Å². The van der Waals surface area contributed by atoms with E-state index in [1.807, 2.05) is 6.92 Å². The second-order valence-corrected chi connectivity index (χ2v) is 6.35. The molecule has 0 aliphatic heterocycles. The van der Waals surface area contributed by atoms with E-state index >= 15 is 0 Å². The predicted molar refractivity (Wildman–Crippen MR) is 58.7 cm³/mol. The zero-order valence-corrected chi connectivity index (χ0v) is 9.45. The van der Waals surface area contributed by atoms with Gasteiger partial charge >= 0.3 is 0 Å². The highest BCUT2D eigenvalue weighted by molar-refractivity contribution is 5.13. The van der Waals surface area contributed by atoms with Crippen LogP contribution in [0.2, 0.25) is 0 Å². The summed E-state index contributed by atoms with van der Waals surface area (Å²) in [4.78, 5) is 0. The Labute approximate surface area is 91.8 Å². The van der Waals surface area contributed by atoms with Gasteiger partial charge in [0.1, 0.15) is 5.54 Å². The summed E-state index contributed by atoms with van der Waals surface area (Å²) in [7, 11) is 0. The number of hydrogen-bond donors (Lipinski definition) is 1. The largest absolute Gasteiger partial charge is 0.313 e. The second-order valence-electron chi connectivity index (χ2n) is 6.35. The van der Waals surface area contributed by atoms with E-state index in [-0.39, 0.29) is 0 Å². The van der Waals surface area contributed by atoms with Crippen LogP contribution < -0.4 is 5.73 Å². The van der Waals surface area contributed by atoms with Crippen molar-refractivity contribution >= 4 is 0 Å². The maximum Gasteiger partial charge on any atom is 0.104 e. The highest BCUT2D eigenvalue weighted by Gasteiger charge is 2.53. The summed E-state index contributed by atoms with van der Waals surface area (Å²) in [5, 5.41) is 9.20. The lowest BCUT2D eigenvalue weighted by Crippen LogP contribution is -2.57. The molecule has 0 saturated heterocycles. The average Bonchev–Trinajstić information content (AvgIpc) is 2.15. The highest BCUT2D eigenvalue weighted by Crippen LogP contribution is 2.58. The highest BCUT2D eigenvalue weighted by atomic mass is 14.8. The predicted octanol–water partition coefficient (Wildman–Crippen LogP) is 2.30. The molecular weight excluding hydrogens is 184 g/mol. The first-order valence-electron chi connectivity index (χ1n) is 6.30. The molecule has 0 radical (unpaired) electrons. The van der Waals surface area contributed by atoms with Gasteiger partial charge in [-0.25, -0.2) is 0 Å². The summed E-state index contributed by atoms with van der Waals surface area (Å²) in [6.45, 7) is 1.94.